The SMILES string of the molecule is Cc1ccc(C(N)=O)c(OCc2c(Cl)cccc2Cl)c1. The fourth-order valence-electron chi connectivity index (χ4n) is 1.77. The summed E-state index contributed by atoms with van der Waals surface area (Å²) in [5, 5.41) is 1.04. The van der Waals surface area contributed by atoms with E-state index in [4.69, 9.17) is 33.7 Å². The van der Waals surface area contributed by atoms with Gasteiger partial charge in [0.05, 0.1) is 5.56 Å². The number of hydrogen-bond acceptors (Lipinski definition) is 2. The molecule has 2 rings (SSSR count). The number of amides is 1. The maximum absolute atomic E-state index is 11.4. The van der Waals surface area contributed by atoms with Gasteiger partial charge in [-0.05, 0) is 36.8 Å². The summed E-state index contributed by atoms with van der Waals surface area (Å²) >= 11 is 12.1. The minimum absolute atomic E-state index is 0.169. The number of rotatable bonds is 4. The predicted molar refractivity (Wildman–Crippen MR) is 80.5 cm³/mol. The van der Waals surface area contributed by atoms with Crippen LogP contribution in [0.3, 0.4) is 0 Å². The summed E-state index contributed by atoms with van der Waals surface area (Å²) in [5.74, 6) is -0.112. The Labute approximate surface area is 127 Å². The van der Waals surface area contributed by atoms with E-state index in [-0.39, 0.29) is 6.61 Å². The molecule has 0 unspecified atom stereocenters. The number of carbonyl (C=O) groups is 1. The molecule has 0 radical (unpaired) electrons. The molecular formula is C15H13Cl2NO2. The second-order valence-corrected chi connectivity index (χ2v) is 5.17. The molecule has 0 fully saturated rings. The minimum Gasteiger partial charge on any atom is -0.488 e. The molecule has 20 heavy (non-hydrogen) atoms. The van der Waals surface area contributed by atoms with E-state index in [0.29, 0.717) is 26.9 Å². The van der Waals surface area contributed by atoms with Crippen molar-refractivity contribution in [1.29, 1.82) is 0 Å². The first kappa shape index (κ1) is 14.7. The Hall–Kier alpha value is -1.71. The monoisotopic (exact) mass is 309 g/mol. The fraction of sp³-hybridized carbons (Fsp3) is 0.133. The maximum Gasteiger partial charge on any atom is 0.252 e. The van der Waals surface area contributed by atoms with Gasteiger partial charge in [0.1, 0.15) is 12.4 Å². The number of ether oxygens (including phenoxy) is 1. The van der Waals surface area contributed by atoms with E-state index in [2.05, 4.69) is 0 Å². The second kappa shape index (κ2) is 6.16. The molecule has 3 nitrogen and oxygen atoms in total. The molecule has 0 bridgehead atoms. The molecule has 1 amide bonds. The average Bonchev–Trinajstić information content (AvgIpc) is 2.37. The van der Waals surface area contributed by atoms with Crippen LogP contribution in [-0.4, -0.2) is 5.91 Å². The number of hydrogen-bond donors (Lipinski definition) is 1. The molecule has 0 heterocycles. The zero-order valence-corrected chi connectivity index (χ0v) is 12.3. The summed E-state index contributed by atoms with van der Waals surface area (Å²) in [7, 11) is 0. The molecule has 0 aromatic heterocycles. The Bertz CT molecular complexity index is 636. The Morgan fingerprint density at radius 2 is 1.85 bits per heavy atom. The van der Waals surface area contributed by atoms with Gasteiger partial charge in [0, 0.05) is 15.6 Å². The largest absolute Gasteiger partial charge is 0.488 e. The fourth-order valence-corrected chi connectivity index (χ4v) is 2.28. The van der Waals surface area contributed by atoms with Crippen LogP contribution in [0, 0.1) is 6.92 Å². The average molecular weight is 310 g/mol. The molecule has 5 heteroatoms. The summed E-state index contributed by atoms with van der Waals surface area (Å²) in [6.07, 6.45) is 0. The molecule has 2 aromatic carbocycles. The normalized spacial score (nSPS) is 10.3. The van der Waals surface area contributed by atoms with E-state index in [1.54, 1.807) is 36.4 Å². The van der Waals surface area contributed by atoms with Crippen molar-refractivity contribution in [3.05, 3.63) is 63.1 Å². The van der Waals surface area contributed by atoms with Crippen molar-refractivity contribution in [1.82, 2.24) is 0 Å². The highest BCUT2D eigenvalue weighted by Gasteiger charge is 2.12. The van der Waals surface area contributed by atoms with Crippen LogP contribution >= 0.6 is 23.2 Å². The van der Waals surface area contributed by atoms with Crippen LogP contribution in [0.1, 0.15) is 21.5 Å². The lowest BCUT2D eigenvalue weighted by Gasteiger charge is -2.12. The van der Waals surface area contributed by atoms with Crippen molar-refractivity contribution < 1.29 is 9.53 Å². The zero-order valence-electron chi connectivity index (χ0n) is 10.8. The summed E-state index contributed by atoms with van der Waals surface area (Å²) in [5.41, 5.74) is 7.30. The molecule has 0 saturated heterocycles. The van der Waals surface area contributed by atoms with Crippen molar-refractivity contribution in [2.24, 2.45) is 5.73 Å². The topological polar surface area (TPSA) is 52.3 Å². The van der Waals surface area contributed by atoms with Gasteiger partial charge in [0.2, 0.25) is 0 Å². The van der Waals surface area contributed by atoms with E-state index in [0.717, 1.165) is 5.56 Å². The molecule has 0 aliphatic rings. The van der Waals surface area contributed by atoms with Gasteiger partial charge in [-0.15, -0.1) is 0 Å². The number of primary amides is 1. The van der Waals surface area contributed by atoms with Crippen LogP contribution in [0.5, 0.6) is 5.75 Å². The minimum atomic E-state index is -0.537. The molecule has 0 atom stereocenters. The van der Waals surface area contributed by atoms with Gasteiger partial charge >= 0.3 is 0 Å². The van der Waals surface area contributed by atoms with Crippen LogP contribution < -0.4 is 10.5 Å². The lowest BCUT2D eigenvalue weighted by Crippen LogP contribution is -2.13. The molecule has 2 aromatic rings. The molecule has 0 spiro atoms. The first-order chi connectivity index (χ1) is 9.49. The van der Waals surface area contributed by atoms with Gasteiger partial charge in [-0.25, -0.2) is 0 Å². The van der Waals surface area contributed by atoms with E-state index in [1.165, 1.54) is 0 Å². The molecular weight excluding hydrogens is 297 g/mol. The lowest BCUT2D eigenvalue weighted by molar-refractivity contribution is 0.0996. The maximum atomic E-state index is 11.4. The third-order valence-corrected chi connectivity index (χ3v) is 3.54. The molecule has 0 aliphatic carbocycles. The molecule has 0 aliphatic heterocycles. The zero-order chi connectivity index (χ0) is 14.7. The molecule has 104 valence electrons. The van der Waals surface area contributed by atoms with Crippen molar-refractivity contribution in [2.75, 3.05) is 0 Å². The summed E-state index contributed by atoms with van der Waals surface area (Å²) < 4.78 is 5.66. The molecule has 0 saturated carbocycles. The second-order valence-electron chi connectivity index (χ2n) is 4.35. The number of benzene rings is 2. The van der Waals surface area contributed by atoms with Crippen molar-refractivity contribution >= 4 is 29.1 Å². The predicted octanol–water partition coefficient (Wildman–Crippen LogP) is 3.98. The Balaban J connectivity index is 2.27. The van der Waals surface area contributed by atoms with Crippen LogP contribution in [0.25, 0.3) is 0 Å². The van der Waals surface area contributed by atoms with Crippen LogP contribution in [-0.2, 0) is 6.61 Å². The van der Waals surface area contributed by atoms with Crippen LogP contribution in [0.2, 0.25) is 10.0 Å². The molecule has 2 N–H and O–H groups in total. The van der Waals surface area contributed by atoms with E-state index in [9.17, 15) is 4.79 Å². The Morgan fingerprint density at radius 1 is 1.20 bits per heavy atom. The van der Waals surface area contributed by atoms with Crippen LogP contribution in [0.4, 0.5) is 0 Å². The summed E-state index contributed by atoms with van der Waals surface area (Å²) in [6, 6.07) is 10.4. The smallest absolute Gasteiger partial charge is 0.252 e. The number of halogens is 2. The third kappa shape index (κ3) is 3.24. The first-order valence-electron chi connectivity index (χ1n) is 5.95. The number of nitrogens with two attached hydrogens (primary N) is 1. The highest BCUT2D eigenvalue weighted by atomic mass is 35.5. The number of aryl methyl sites for hydroxylation is 1. The van der Waals surface area contributed by atoms with Crippen molar-refractivity contribution in [3.8, 4) is 5.75 Å². The van der Waals surface area contributed by atoms with E-state index >= 15 is 0 Å². The van der Waals surface area contributed by atoms with Crippen molar-refractivity contribution in [2.45, 2.75) is 13.5 Å². The van der Waals surface area contributed by atoms with Gasteiger partial charge in [-0.1, -0.05) is 35.3 Å². The van der Waals surface area contributed by atoms with Gasteiger partial charge in [0.15, 0.2) is 0 Å². The Kier molecular flexibility index (Phi) is 4.53. The van der Waals surface area contributed by atoms with E-state index in [1.807, 2.05) is 6.92 Å². The number of carbonyl (C=O) groups excluding carboxylic acids is 1. The van der Waals surface area contributed by atoms with Gasteiger partial charge in [-0.3, -0.25) is 4.79 Å². The highest BCUT2D eigenvalue weighted by Crippen LogP contribution is 2.27. The summed E-state index contributed by atoms with van der Waals surface area (Å²) in [6.45, 7) is 2.07. The highest BCUT2D eigenvalue weighted by molar-refractivity contribution is 6.35. The Morgan fingerprint density at radius 3 is 2.45 bits per heavy atom. The van der Waals surface area contributed by atoms with Gasteiger partial charge in [-0.2, -0.15) is 0 Å². The van der Waals surface area contributed by atoms with Gasteiger partial charge in [0.25, 0.3) is 5.91 Å². The van der Waals surface area contributed by atoms with E-state index < -0.39 is 5.91 Å². The first-order valence-corrected chi connectivity index (χ1v) is 6.71. The van der Waals surface area contributed by atoms with Crippen LogP contribution in [0.15, 0.2) is 36.4 Å². The quantitative estimate of drug-likeness (QED) is 0.928. The standard InChI is InChI=1S/C15H13Cl2NO2/c1-9-5-6-10(15(18)19)14(7-9)20-8-11-12(16)3-2-4-13(11)17/h2-7H,8H2,1H3,(H2,18,19). The lowest BCUT2D eigenvalue weighted by atomic mass is 10.1. The van der Waals surface area contributed by atoms with Gasteiger partial charge < -0.3 is 10.5 Å². The summed E-state index contributed by atoms with van der Waals surface area (Å²) in [4.78, 5) is 11.4. The third-order valence-electron chi connectivity index (χ3n) is 2.84. The van der Waals surface area contributed by atoms with Crippen molar-refractivity contribution in [3.63, 3.8) is 0 Å².